The molecule has 0 aromatic carbocycles. The topological polar surface area (TPSA) is 99.4 Å². The van der Waals surface area contributed by atoms with Gasteiger partial charge in [-0.1, -0.05) is 0 Å². The van der Waals surface area contributed by atoms with Crippen LogP contribution in [0.5, 0.6) is 0 Å². The second-order valence-electron chi connectivity index (χ2n) is 3.94. The summed E-state index contributed by atoms with van der Waals surface area (Å²) < 4.78 is 5.10. The summed E-state index contributed by atoms with van der Waals surface area (Å²) in [4.78, 5) is 22.2. The van der Waals surface area contributed by atoms with Crippen LogP contribution in [0.25, 0.3) is 0 Å². The van der Waals surface area contributed by atoms with Crippen molar-refractivity contribution in [2.24, 2.45) is 0 Å². The van der Waals surface area contributed by atoms with Crippen LogP contribution in [-0.4, -0.2) is 35.7 Å². The van der Waals surface area contributed by atoms with Crippen molar-refractivity contribution in [2.45, 2.75) is 44.3 Å². The first-order valence-electron chi connectivity index (χ1n) is 5.68. The lowest BCUT2D eigenvalue weighted by atomic mass is 10.2. The van der Waals surface area contributed by atoms with Gasteiger partial charge in [0.1, 0.15) is 6.10 Å². The Bertz CT molecular complexity index is 324. The minimum Gasteiger partial charge on any atom is -0.479 e. The zero-order chi connectivity index (χ0) is 12.7. The van der Waals surface area contributed by atoms with Crippen LogP contribution in [0.3, 0.4) is 0 Å². The third-order valence-electron chi connectivity index (χ3n) is 2.60. The quantitative estimate of drug-likeness (QED) is 0.656. The molecule has 6 nitrogen and oxygen atoms in total. The SMILES string of the molecule is N#CCCCCNC(=O)C1CCC(C(=O)O)O1. The van der Waals surface area contributed by atoms with Crippen molar-refractivity contribution in [3.8, 4) is 6.07 Å². The number of hydrogen-bond donors (Lipinski definition) is 2. The summed E-state index contributed by atoms with van der Waals surface area (Å²) in [6.45, 7) is 0.498. The van der Waals surface area contributed by atoms with Gasteiger partial charge in [0.25, 0.3) is 0 Å². The lowest BCUT2D eigenvalue weighted by molar-refractivity contribution is -0.151. The molecule has 17 heavy (non-hydrogen) atoms. The maximum atomic E-state index is 11.6. The number of amides is 1. The second-order valence-corrected chi connectivity index (χ2v) is 3.94. The minimum absolute atomic E-state index is 0.259. The van der Waals surface area contributed by atoms with E-state index < -0.39 is 18.2 Å². The van der Waals surface area contributed by atoms with E-state index >= 15 is 0 Å². The molecule has 0 saturated carbocycles. The van der Waals surface area contributed by atoms with Crippen LogP contribution < -0.4 is 5.32 Å². The Hall–Kier alpha value is -1.61. The van der Waals surface area contributed by atoms with Crippen molar-refractivity contribution in [1.29, 1.82) is 5.26 Å². The van der Waals surface area contributed by atoms with Crippen molar-refractivity contribution >= 4 is 11.9 Å². The van der Waals surface area contributed by atoms with Crippen LogP contribution in [0.15, 0.2) is 0 Å². The first kappa shape index (κ1) is 13.5. The maximum absolute atomic E-state index is 11.6. The number of carbonyl (C=O) groups excluding carboxylic acids is 1. The standard InChI is InChI=1S/C11H16N2O4/c12-6-2-1-3-7-13-10(14)8-4-5-9(17-8)11(15)16/h8-9H,1-5,7H2,(H,13,14)(H,15,16). The van der Waals surface area contributed by atoms with Gasteiger partial charge in [0.15, 0.2) is 6.10 Å². The summed E-state index contributed by atoms with van der Waals surface area (Å²) in [6.07, 6.45) is 1.30. The number of ether oxygens (including phenoxy) is 1. The summed E-state index contributed by atoms with van der Waals surface area (Å²) in [5, 5.41) is 19.7. The molecule has 2 unspecified atom stereocenters. The minimum atomic E-state index is -1.02. The Morgan fingerprint density at radius 3 is 2.65 bits per heavy atom. The van der Waals surface area contributed by atoms with E-state index in [4.69, 9.17) is 15.1 Å². The Morgan fingerprint density at radius 2 is 2.06 bits per heavy atom. The van der Waals surface area contributed by atoms with Crippen molar-refractivity contribution < 1.29 is 19.4 Å². The van der Waals surface area contributed by atoms with Crippen LogP contribution in [0.2, 0.25) is 0 Å². The van der Waals surface area contributed by atoms with Crippen molar-refractivity contribution in [1.82, 2.24) is 5.32 Å². The Labute approximate surface area is 99.6 Å². The van der Waals surface area contributed by atoms with Crippen LogP contribution in [-0.2, 0) is 14.3 Å². The predicted molar refractivity (Wildman–Crippen MR) is 58.0 cm³/mol. The van der Waals surface area contributed by atoms with Crippen molar-refractivity contribution in [3.05, 3.63) is 0 Å². The molecule has 6 heteroatoms. The normalized spacial score (nSPS) is 23.0. The fourth-order valence-corrected chi connectivity index (χ4v) is 1.67. The molecule has 0 radical (unpaired) electrons. The molecule has 2 N–H and O–H groups in total. The van der Waals surface area contributed by atoms with Crippen LogP contribution >= 0.6 is 0 Å². The van der Waals surface area contributed by atoms with E-state index in [-0.39, 0.29) is 5.91 Å². The van der Waals surface area contributed by atoms with E-state index in [1.807, 2.05) is 6.07 Å². The van der Waals surface area contributed by atoms with Gasteiger partial charge in [-0.2, -0.15) is 5.26 Å². The van der Waals surface area contributed by atoms with E-state index in [0.717, 1.165) is 12.8 Å². The summed E-state index contributed by atoms with van der Waals surface area (Å²) in [6, 6.07) is 2.03. The highest BCUT2D eigenvalue weighted by Gasteiger charge is 2.34. The van der Waals surface area contributed by atoms with E-state index in [1.54, 1.807) is 0 Å². The number of unbranched alkanes of at least 4 members (excludes halogenated alkanes) is 2. The zero-order valence-corrected chi connectivity index (χ0v) is 9.52. The number of carbonyl (C=O) groups is 2. The molecule has 0 spiro atoms. The van der Waals surface area contributed by atoms with Gasteiger partial charge in [0.2, 0.25) is 5.91 Å². The molecule has 1 rings (SSSR count). The molecular formula is C11H16N2O4. The van der Waals surface area contributed by atoms with Gasteiger partial charge in [-0.15, -0.1) is 0 Å². The van der Waals surface area contributed by atoms with Crippen LogP contribution in [0.4, 0.5) is 0 Å². The van der Waals surface area contributed by atoms with Gasteiger partial charge in [-0.25, -0.2) is 4.79 Å². The fourth-order valence-electron chi connectivity index (χ4n) is 1.67. The number of aliphatic carboxylic acids is 1. The van der Waals surface area contributed by atoms with Gasteiger partial charge in [0.05, 0.1) is 6.07 Å². The van der Waals surface area contributed by atoms with Gasteiger partial charge < -0.3 is 15.2 Å². The maximum Gasteiger partial charge on any atom is 0.332 e. The first-order chi connectivity index (χ1) is 8.15. The lowest BCUT2D eigenvalue weighted by Crippen LogP contribution is -2.36. The number of hydrogen-bond acceptors (Lipinski definition) is 4. The highest BCUT2D eigenvalue weighted by Crippen LogP contribution is 2.19. The molecule has 0 bridgehead atoms. The average molecular weight is 240 g/mol. The molecule has 0 aromatic heterocycles. The predicted octanol–water partition coefficient (Wildman–Crippen LogP) is 0.429. The molecule has 1 aliphatic rings. The molecule has 94 valence electrons. The molecule has 0 aliphatic carbocycles. The smallest absolute Gasteiger partial charge is 0.332 e. The molecule has 0 aromatic rings. The third-order valence-corrected chi connectivity index (χ3v) is 2.60. The van der Waals surface area contributed by atoms with Gasteiger partial charge >= 0.3 is 5.97 Å². The molecule has 1 fully saturated rings. The van der Waals surface area contributed by atoms with E-state index in [0.29, 0.717) is 25.8 Å². The molecule has 1 heterocycles. The molecular weight excluding hydrogens is 224 g/mol. The number of rotatable bonds is 6. The number of nitriles is 1. The van der Waals surface area contributed by atoms with Crippen LogP contribution in [0.1, 0.15) is 32.1 Å². The monoisotopic (exact) mass is 240 g/mol. The van der Waals surface area contributed by atoms with Gasteiger partial charge in [-0.05, 0) is 25.7 Å². The number of carboxylic acids is 1. The van der Waals surface area contributed by atoms with Gasteiger partial charge in [0, 0.05) is 13.0 Å². The van der Waals surface area contributed by atoms with Crippen molar-refractivity contribution in [2.75, 3.05) is 6.54 Å². The van der Waals surface area contributed by atoms with Crippen LogP contribution in [0, 0.1) is 11.3 Å². The molecule has 1 amide bonds. The number of carboxylic acid groups (broad SMARTS) is 1. The van der Waals surface area contributed by atoms with E-state index in [9.17, 15) is 9.59 Å². The zero-order valence-electron chi connectivity index (χ0n) is 9.52. The lowest BCUT2D eigenvalue weighted by Gasteiger charge is -2.11. The molecule has 1 aliphatic heterocycles. The fraction of sp³-hybridized carbons (Fsp3) is 0.727. The highest BCUT2D eigenvalue weighted by molar-refractivity contribution is 5.82. The molecule has 1 saturated heterocycles. The summed E-state index contributed by atoms with van der Waals surface area (Å²) in [7, 11) is 0. The first-order valence-corrected chi connectivity index (χ1v) is 5.68. The molecule has 2 atom stereocenters. The summed E-state index contributed by atoms with van der Waals surface area (Å²) in [5.41, 5.74) is 0. The summed E-state index contributed by atoms with van der Waals surface area (Å²) >= 11 is 0. The van der Waals surface area contributed by atoms with Gasteiger partial charge in [-0.3, -0.25) is 4.79 Å². The van der Waals surface area contributed by atoms with E-state index in [2.05, 4.69) is 5.32 Å². The van der Waals surface area contributed by atoms with E-state index in [1.165, 1.54) is 0 Å². The average Bonchev–Trinajstić information content (AvgIpc) is 2.78. The summed E-state index contributed by atoms with van der Waals surface area (Å²) in [5.74, 6) is -1.28. The number of nitrogens with one attached hydrogen (secondary N) is 1. The largest absolute Gasteiger partial charge is 0.479 e. The highest BCUT2D eigenvalue weighted by atomic mass is 16.5. The third kappa shape index (κ3) is 4.41. The van der Waals surface area contributed by atoms with Crippen molar-refractivity contribution in [3.63, 3.8) is 0 Å². The Morgan fingerprint density at radius 1 is 1.35 bits per heavy atom. The Balaban J connectivity index is 2.17. The number of nitrogens with zero attached hydrogens (tertiary/aromatic N) is 1. The Kier molecular flexibility index (Phi) is 5.43. The second kappa shape index (κ2) is 6.86.